The van der Waals surface area contributed by atoms with Crippen molar-refractivity contribution in [2.24, 2.45) is 0 Å². The summed E-state index contributed by atoms with van der Waals surface area (Å²) in [4.78, 5) is 31.5. The number of hydrogen-bond acceptors (Lipinski definition) is 4. The van der Waals surface area contributed by atoms with Gasteiger partial charge in [0, 0.05) is 71.5 Å². The summed E-state index contributed by atoms with van der Waals surface area (Å²) in [6.07, 6.45) is -0.417. The number of ether oxygens (including phenoxy) is 1. The molecule has 0 aliphatic carbocycles. The van der Waals surface area contributed by atoms with E-state index in [0.717, 1.165) is 42.7 Å². The molecule has 0 atom stereocenters. The molecule has 4 aromatic rings. The van der Waals surface area contributed by atoms with Crippen LogP contribution in [0, 0.1) is 0 Å². The predicted octanol–water partition coefficient (Wildman–Crippen LogP) is 4.43. The van der Waals surface area contributed by atoms with E-state index in [4.69, 9.17) is 4.74 Å². The Hall–Kier alpha value is -3.89. The Morgan fingerprint density at radius 2 is 1.63 bits per heavy atom. The smallest absolute Gasteiger partial charge is 0.379 e. The fraction of sp³-hybridized carbons (Fsp3) is 0.286. The zero-order valence-electron chi connectivity index (χ0n) is 20.4. The molecule has 2 aliphatic rings. The summed E-state index contributed by atoms with van der Waals surface area (Å²) in [5, 5.41) is 3.65. The van der Waals surface area contributed by atoms with Crippen LogP contribution in [0.1, 0.15) is 23.1 Å². The Balaban J connectivity index is 1.47. The third-order valence-corrected chi connectivity index (χ3v) is 7.25. The van der Waals surface area contributed by atoms with Crippen LogP contribution < -0.4 is 5.32 Å². The number of carbonyl (C=O) groups is 2. The summed E-state index contributed by atoms with van der Waals surface area (Å²) >= 11 is 0. The van der Waals surface area contributed by atoms with Gasteiger partial charge in [-0.2, -0.15) is 13.2 Å². The van der Waals surface area contributed by atoms with Gasteiger partial charge in [-0.15, -0.1) is 0 Å². The summed E-state index contributed by atoms with van der Waals surface area (Å²) in [6.45, 7) is 4.21. The molecule has 2 aliphatic heterocycles. The van der Waals surface area contributed by atoms with E-state index in [0.29, 0.717) is 48.2 Å². The number of alkyl halides is 3. The summed E-state index contributed by atoms with van der Waals surface area (Å²) in [7, 11) is 0. The van der Waals surface area contributed by atoms with E-state index in [1.807, 2.05) is 24.3 Å². The predicted molar refractivity (Wildman–Crippen MR) is 137 cm³/mol. The second kappa shape index (κ2) is 9.45. The number of nitrogens with zero attached hydrogens (tertiary/aromatic N) is 2. The summed E-state index contributed by atoms with van der Waals surface area (Å²) < 4.78 is 48.0. The number of carbonyl (C=O) groups excluding carboxylic acids is 2. The number of halogens is 3. The van der Waals surface area contributed by atoms with Gasteiger partial charge in [0.05, 0.1) is 29.9 Å². The van der Waals surface area contributed by atoms with Crippen LogP contribution >= 0.6 is 0 Å². The van der Waals surface area contributed by atoms with E-state index >= 15 is 0 Å². The zero-order valence-corrected chi connectivity index (χ0v) is 20.4. The summed E-state index contributed by atoms with van der Waals surface area (Å²) in [5.74, 6) is -1.10. The first kappa shape index (κ1) is 24.4. The zero-order chi connectivity index (χ0) is 26.4. The maximum absolute atomic E-state index is 13.6. The number of fused-ring (bicyclic) bond motifs is 2. The van der Waals surface area contributed by atoms with E-state index < -0.39 is 23.6 Å². The van der Waals surface area contributed by atoms with Crippen LogP contribution in [0.4, 0.5) is 13.2 Å². The quantitative estimate of drug-likeness (QED) is 0.367. The van der Waals surface area contributed by atoms with Gasteiger partial charge in [0.2, 0.25) is 0 Å². The van der Waals surface area contributed by atoms with E-state index in [1.165, 1.54) is 6.07 Å². The van der Waals surface area contributed by atoms with Crippen LogP contribution in [0.5, 0.6) is 0 Å². The molecule has 196 valence electrons. The number of rotatable bonds is 6. The average molecular weight is 523 g/mol. The maximum atomic E-state index is 13.6. The van der Waals surface area contributed by atoms with Crippen LogP contribution in [0.3, 0.4) is 0 Å². The lowest BCUT2D eigenvalue weighted by Gasteiger charge is -2.26. The summed E-state index contributed by atoms with van der Waals surface area (Å²) in [6, 6.07) is 11.0. The largest absolute Gasteiger partial charge is 0.416 e. The lowest BCUT2D eigenvalue weighted by molar-refractivity contribution is -0.137. The van der Waals surface area contributed by atoms with Crippen molar-refractivity contribution in [3.63, 3.8) is 0 Å². The highest BCUT2D eigenvalue weighted by Crippen LogP contribution is 2.40. The van der Waals surface area contributed by atoms with Crippen LogP contribution in [-0.4, -0.2) is 59.1 Å². The fourth-order valence-electron chi connectivity index (χ4n) is 5.39. The molecule has 10 heteroatoms. The third-order valence-electron chi connectivity index (χ3n) is 7.25. The molecule has 1 saturated heterocycles. The molecule has 0 spiro atoms. The number of para-hydroxylation sites is 1. The minimum atomic E-state index is -4.51. The van der Waals surface area contributed by atoms with E-state index in [9.17, 15) is 22.8 Å². The monoisotopic (exact) mass is 522 g/mol. The van der Waals surface area contributed by atoms with Gasteiger partial charge in [-0.1, -0.05) is 24.3 Å². The second-order valence-electron chi connectivity index (χ2n) is 9.55. The molecule has 0 unspecified atom stereocenters. The molecular formula is C28H25F3N4O3. The van der Waals surface area contributed by atoms with Gasteiger partial charge in [0.1, 0.15) is 0 Å². The minimum Gasteiger partial charge on any atom is -0.379 e. The first-order valence-corrected chi connectivity index (χ1v) is 12.5. The maximum Gasteiger partial charge on any atom is 0.416 e. The number of aryl methyl sites for hydroxylation is 1. The first-order chi connectivity index (χ1) is 18.3. The summed E-state index contributed by atoms with van der Waals surface area (Å²) in [5.41, 5.74) is 1.79. The number of imide groups is 1. The second-order valence-corrected chi connectivity index (χ2v) is 9.55. The number of aromatic nitrogens is 2. The molecule has 6 rings (SSSR count). The highest BCUT2D eigenvalue weighted by Gasteiger charge is 2.36. The Labute approximate surface area is 215 Å². The van der Waals surface area contributed by atoms with Gasteiger partial charge in [0.25, 0.3) is 11.8 Å². The Morgan fingerprint density at radius 1 is 0.895 bits per heavy atom. The van der Waals surface area contributed by atoms with E-state index in [1.54, 1.807) is 17.0 Å². The molecule has 1 fully saturated rings. The van der Waals surface area contributed by atoms with Crippen molar-refractivity contribution in [2.75, 3.05) is 32.8 Å². The normalized spacial score (nSPS) is 17.2. The lowest BCUT2D eigenvalue weighted by Crippen LogP contribution is -2.37. The van der Waals surface area contributed by atoms with Crippen molar-refractivity contribution in [3.8, 4) is 0 Å². The minimum absolute atomic E-state index is 0.163. The number of morpholine rings is 1. The van der Waals surface area contributed by atoms with Crippen LogP contribution in [0.25, 0.3) is 33.0 Å². The van der Waals surface area contributed by atoms with E-state index in [2.05, 4.69) is 15.2 Å². The van der Waals surface area contributed by atoms with Crippen molar-refractivity contribution in [1.29, 1.82) is 0 Å². The van der Waals surface area contributed by atoms with Gasteiger partial charge >= 0.3 is 6.18 Å². The van der Waals surface area contributed by atoms with Gasteiger partial charge in [-0.25, -0.2) is 0 Å². The average Bonchev–Trinajstić information content (AvgIpc) is 3.56. The molecule has 0 saturated carbocycles. The standard InChI is InChI=1S/C28H25F3N4O3/c29-28(30,31)17-6-7-19-21(16-35(23(19)14-17)9-3-8-34-10-12-38-13-11-34)25-24(26(36)33-27(25)37)20-15-32-22-5-2-1-4-18(20)22/h1-2,4-7,14-16,32H,3,8-13H2,(H,33,36,37). The number of aromatic amines is 1. The van der Waals surface area contributed by atoms with Crippen LogP contribution in [0.2, 0.25) is 0 Å². The Morgan fingerprint density at radius 3 is 2.39 bits per heavy atom. The van der Waals surface area contributed by atoms with Gasteiger partial charge in [0.15, 0.2) is 0 Å². The van der Waals surface area contributed by atoms with Crippen LogP contribution in [-0.2, 0) is 27.0 Å². The molecule has 2 N–H and O–H groups in total. The van der Waals surface area contributed by atoms with Crippen molar-refractivity contribution in [1.82, 2.24) is 19.8 Å². The number of hydrogen-bond donors (Lipinski definition) is 2. The SMILES string of the molecule is O=C1NC(=O)C(c2cn(CCCN3CCOCC3)c3cc(C(F)(F)F)ccc23)=C1c1c[nH]c2ccccc12. The molecule has 0 bridgehead atoms. The van der Waals surface area contributed by atoms with Gasteiger partial charge < -0.3 is 14.3 Å². The molecule has 2 aromatic carbocycles. The number of nitrogens with one attached hydrogen (secondary N) is 2. The van der Waals surface area contributed by atoms with Crippen molar-refractivity contribution >= 4 is 44.8 Å². The lowest BCUT2D eigenvalue weighted by atomic mass is 9.95. The molecule has 4 heterocycles. The van der Waals surface area contributed by atoms with Crippen molar-refractivity contribution in [2.45, 2.75) is 19.1 Å². The Kier molecular flexibility index (Phi) is 6.08. The van der Waals surface area contributed by atoms with Crippen molar-refractivity contribution in [3.05, 3.63) is 71.5 Å². The first-order valence-electron chi connectivity index (χ1n) is 12.5. The molecule has 2 aromatic heterocycles. The third kappa shape index (κ3) is 4.29. The fourth-order valence-corrected chi connectivity index (χ4v) is 5.39. The molecule has 7 nitrogen and oxygen atoms in total. The Bertz CT molecular complexity index is 1590. The topological polar surface area (TPSA) is 79.4 Å². The highest BCUT2D eigenvalue weighted by molar-refractivity contribution is 6.50. The molecular weight excluding hydrogens is 497 g/mol. The van der Waals surface area contributed by atoms with Gasteiger partial charge in [-0.3, -0.25) is 19.8 Å². The molecule has 38 heavy (non-hydrogen) atoms. The molecule has 2 amide bonds. The number of benzene rings is 2. The highest BCUT2D eigenvalue weighted by atomic mass is 19.4. The molecule has 0 radical (unpaired) electrons. The van der Waals surface area contributed by atoms with Gasteiger partial charge in [-0.05, 0) is 24.6 Å². The van der Waals surface area contributed by atoms with Crippen molar-refractivity contribution < 1.29 is 27.5 Å². The van der Waals surface area contributed by atoms with E-state index in [-0.39, 0.29) is 11.1 Å². The number of amides is 2. The van der Waals surface area contributed by atoms with Crippen LogP contribution in [0.15, 0.2) is 54.9 Å². The number of H-pyrrole nitrogens is 1.